The van der Waals surface area contributed by atoms with Crippen molar-refractivity contribution in [3.63, 3.8) is 0 Å². The van der Waals surface area contributed by atoms with E-state index in [4.69, 9.17) is 10.00 Å². The molecular formula is C17H16N2O. The number of ether oxygens (including phenoxy) is 1. The summed E-state index contributed by atoms with van der Waals surface area (Å²) in [4.78, 5) is 0. The summed E-state index contributed by atoms with van der Waals surface area (Å²) in [7, 11) is 0. The molecule has 0 radical (unpaired) electrons. The van der Waals surface area contributed by atoms with Gasteiger partial charge in [-0.3, -0.25) is 0 Å². The van der Waals surface area contributed by atoms with Crippen molar-refractivity contribution in [2.24, 2.45) is 0 Å². The third kappa shape index (κ3) is 2.81. The van der Waals surface area contributed by atoms with Crippen LogP contribution >= 0.6 is 0 Å². The summed E-state index contributed by atoms with van der Waals surface area (Å²) in [5, 5.41) is 12.1. The Morgan fingerprint density at radius 2 is 1.65 bits per heavy atom. The van der Waals surface area contributed by atoms with E-state index in [2.05, 4.69) is 23.5 Å². The molecule has 0 saturated carbocycles. The molecular weight excluding hydrogens is 248 g/mol. The molecule has 1 N–H and O–H groups in total. The molecule has 20 heavy (non-hydrogen) atoms. The van der Waals surface area contributed by atoms with Crippen LogP contribution in [-0.4, -0.2) is 13.1 Å². The smallest absolute Gasteiger partial charge is 0.127 e. The van der Waals surface area contributed by atoms with E-state index in [1.54, 1.807) is 12.1 Å². The zero-order valence-corrected chi connectivity index (χ0v) is 11.2. The molecule has 0 aliphatic carbocycles. The fourth-order valence-electron chi connectivity index (χ4n) is 2.48. The molecule has 1 aliphatic rings. The van der Waals surface area contributed by atoms with Crippen molar-refractivity contribution in [1.82, 2.24) is 5.32 Å². The minimum Gasteiger partial charge on any atom is -0.457 e. The summed E-state index contributed by atoms with van der Waals surface area (Å²) in [6.45, 7) is 2.17. The maximum atomic E-state index is 8.76. The van der Waals surface area contributed by atoms with Crippen molar-refractivity contribution in [3.05, 3.63) is 59.7 Å². The number of nitrogens with one attached hydrogen (secondary N) is 1. The van der Waals surface area contributed by atoms with Gasteiger partial charge in [0.25, 0.3) is 0 Å². The summed E-state index contributed by atoms with van der Waals surface area (Å²) in [6.07, 6.45) is 1.20. The molecule has 2 aromatic rings. The highest BCUT2D eigenvalue weighted by Crippen LogP contribution is 2.26. The van der Waals surface area contributed by atoms with Crippen LogP contribution in [0, 0.1) is 11.3 Å². The fourth-order valence-corrected chi connectivity index (χ4v) is 2.48. The predicted molar refractivity (Wildman–Crippen MR) is 77.9 cm³/mol. The molecule has 0 spiro atoms. The molecule has 3 heteroatoms. The second-order valence-corrected chi connectivity index (χ2v) is 5.00. The molecule has 0 amide bonds. The van der Waals surface area contributed by atoms with Gasteiger partial charge in [0, 0.05) is 6.54 Å². The van der Waals surface area contributed by atoms with Crippen molar-refractivity contribution < 1.29 is 4.74 Å². The summed E-state index contributed by atoms with van der Waals surface area (Å²) >= 11 is 0. The van der Waals surface area contributed by atoms with E-state index in [0.29, 0.717) is 11.5 Å². The van der Waals surface area contributed by atoms with Crippen LogP contribution in [0.5, 0.6) is 11.5 Å². The molecule has 1 saturated heterocycles. The maximum absolute atomic E-state index is 8.76. The number of benzene rings is 2. The highest BCUT2D eigenvalue weighted by atomic mass is 16.5. The Morgan fingerprint density at radius 1 is 1.00 bits per heavy atom. The van der Waals surface area contributed by atoms with Crippen LogP contribution in [0.2, 0.25) is 0 Å². The Bertz CT molecular complexity index is 605. The van der Waals surface area contributed by atoms with Crippen LogP contribution in [0.4, 0.5) is 0 Å². The molecule has 3 nitrogen and oxygen atoms in total. The first-order valence-corrected chi connectivity index (χ1v) is 6.84. The molecule has 1 atom stereocenters. The molecule has 1 heterocycles. The van der Waals surface area contributed by atoms with Crippen molar-refractivity contribution in [3.8, 4) is 17.6 Å². The molecule has 2 aromatic carbocycles. The maximum Gasteiger partial charge on any atom is 0.127 e. The first-order valence-electron chi connectivity index (χ1n) is 6.84. The predicted octanol–water partition coefficient (Wildman–Crippen LogP) is 3.43. The summed E-state index contributed by atoms with van der Waals surface area (Å²) in [5.74, 6) is 2.20. The van der Waals surface area contributed by atoms with Gasteiger partial charge < -0.3 is 10.1 Å². The molecule has 1 aliphatic heterocycles. The van der Waals surface area contributed by atoms with Gasteiger partial charge in [0.15, 0.2) is 0 Å². The summed E-state index contributed by atoms with van der Waals surface area (Å²) in [6, 6.07) is 17.5. The van der Waals surface area contributed by atoms with Crippen LogP contribution in [0.1, 0.15) is 23.5 Å². The van der Waals surface area contributed by atoms with E-state index in [9.17, 15) is 0 Å². The minimum absolute atomic E-state index is 0.624. The topological polar surface area (TPSA) is 45.0 Å². The molecule has 1 fully saturated rings. The molecule has 3 rings (SSSR count). The van der Waals surface area contributed by atoms with Gasteiger partial charge in [-0.15, -0.1) is 0 Å². The van der Waals surface area contributed by atoms with Gasteiger partial charge >= 0.3 is 0 Å². The second kappa shape index (κ2) is 5.77. The first-order chi connectivity index (χ1) is 9.85. The Balaban J connectivity index is 1.69. The third-order valence-corrected chi connectivity index (χ3v) is 3.63. The van der Waals surface area contributed by atoms with E-state index in [-0.39, 0.29) is 0 Å². The van der Waals surface area contributed by atoms with Crippen LogP contribution in [0.15, 0.2) is 48.5 Å². The number of rotatable bonds is 3. The Hall–Kier alpha value is -2.31. The van der Waals surface area contributed by atoms with Crippen molar-refractivity contribution in [2.45, 2.75) is 12.3 Å². The lowest BCUT2D eigenvalue weighted by Gasteiger charge is -2.10. The summed E-state index contributed by atoms with van der Waals surface area (Å²) in [5.41, 5.74) is 2.00. The molecule has 1 unspecified atom stereocenters. The average molecular weight is 264 g/mol. The lowest BCUT2D eigenvalue weighted by atomic mass is 9.98. The van der Waals surface area contributed by atoms with E-state index >= 15 is 0 Å². The highest BCUT2D eigenvalue weighted by Gasteiger charge is 2.16. The largest absolute Gasteiger partial charge is 0.457 e. The second-order valence-electron chi connectivity index (χ2n) is 5.00. The Labute approximate surface area is 118 Å². The zero-order valence-electron chi connectivity index (χ0n) is 11.2. The Morgan fingerprint density at radius 3 is 2.20 bits per heavy atom. The minimum atomic E-state index is 0.624. The van der Waals surface area contributed by atoms with E-state index in [1.165, 1.54) is 12.0 Å². The SMILES string of the molecule is N#Cc1ccc(Oc2ccc(C3CCNC3)cc2)cc1. The number of nitriles is 1. The van der Waals surface area contributed by atoms with Gasteiger partial charge in [-0.2, -0.15) is 5.26 Å². The standard InChI is InChI=1S/C17H16N2O/c18-11-13-1-5-16(6-2-13)20-17-7-3-14(4-8-17)15-9-10-19-12-15/h1-8,15,19H,9-10,12H2. The molecule has 100 valence electrons. The highest BCUT2D eigenvalue weighted by molar-refractivity contribution is 5.38. The first kappa shape index (κ1) is 12.7. The van der Waals surface area contributed by atoms with Gasteiger partial charge in [0.05, 0.1) is 11.6 Å². The van der Waals surface area contributed by atoms with Crippen LogP contribution < -0.4 is 10.1 Å². The average Bonchev–Trinajstić information content (AvgIpc) is 3.03. The van der Waals surface area contributed by atoms with Crippen molar-refractivity contribution >= 4 is 0 Å². The summed E-state index contributed by atoms with van der Waals surface area (Å²) < 4.78 is 5.77. The van der Waals surface area contributed by atoms with Gasteiger partial charge in [0.1, 0.15) is 11.5 Å². The molecule has 0 aromatic heterocycles. The van der Waals surface area contributed by atoms with E-state index < -0.39 is 0 Å². The van der Waals surface area contributed by atoms with Crippen LogP contribution in [-0.2, 0) is 0 Å². The van der Waals surface area contributed by atoms with Crippen molar-refractivity contribution in [1.29, 1.82) is 5.26 Å². The van der Waals surface area contributed by atoms with Gasteiger partial charge in [-0.05, 0) is 60.8 Å². The van der Waals surface area contributed by atoms with Crippen molar-refractivity contribution in [2.75, 3.05) is 13.1 Å². The fraction of sp³-hybridized carbons (Fsp3) is 0.235. The number of hydrogen-bond donors (Lipinski definition) is 1. The van der Waals surface area contributed by atoms with Crippen LogP contribution in [0.3, 0.4) is 0 Å². The molecule has 0 bridgehead atoms. The van der Waals surface area contributed by atoms with E-state index in [0.717, 1.165) is 24.6 Å². The number of nitrogens with zero attached hydrogens (tertiary/aromatic N) is 1. The zero-order chi connectivity index (χ0) is 13.8. The number of hydrogen-bond acceptors (Lipinski definition) is 3. The van der Waals surface area contributed by atoms with Crippen LogP contribution in [0.25, 0.3) is 0 Å². The Kier molecular flexibility index (Phi) is 3.67. The lowest BCUT2D eigenvalue weighted by Crippen LogP contribution is -2.07. The van der Waals surface area contributed by atoms with E-state index in [1.807, 2.05) is 24.3 Å². The van der Waals surface area contributed by atoms with Gasteiger partial charge in [-0.25, -0.2) is 0 Å². The lowest BCUT2D eigenvalue weighted by molar-refractivity contribution is 0.482. The normalized spacial score (nSPS) is 17.6. The third-order valence-electron chi connectivity index (χ3n) is 3.63. The van der Waals surface area contributed by atoms with Gasteiger partial charge in [0.2, 0.25) is 0 Å². The monoisotopic (exact) mass is 264 g/mol. The quantitative estimate of drug-likeness (QED) is 0.923. The van der Waals surface area contributed by atoms with Gasteiger partial charge in [-0.1, -0.05) is 12.1 Å².